The minimum Gasteiger partial charge on any atom is -0.497 e. The van der Waals surface area contributed by atoms with Crippen molar-refractivity contribution in [1.82, 2.24) is 5.32 Å². The van der Waals surface area contributed by atoms with E-state index in [4.69, 9.17) is 9.47 Å². The third kappa shape index (κ3) is 3.57. The molecule has 2 aromatic rings. The van der Waals surface area contributed by atoms with E-state index < -0.39 is 6.10 Å². The van der Waals surface area contributed by atoms with Gasteiger partial charge in [-0.1, -0.05) is 24.3 Å². The van der Waals surface area contributed by atoms with Crippen molar-refractivity contribution in [3.8, 4) is 11.5 Å². The Hall–Kier alpha value is -3.02. The van der Waals surface area contributed by atoms with Crippen molar-refractivity contribution in [2.24, 2.45) is 0 Å². The Labute approximate surface area is 146 Å². The van der Waals surface area contributed by atoms with Crippen LogP contribution in [0.25, 0.3) is 0 Å². The number of ether oxygens (including phenoxy) is 2. The molecular weight excluding hydrogens is 320 g/mol. The van der Waals surface area contributed by atoms with E-state index in [1.54, 1.807) is 25.1 Å². The molecule has 1 N–H and O–H groups in total. The lowest BCUT2D eigenvalue weighted by Crippen LogP contribution is -2.50. The van der Waals surface area contributed by atoms with Gasteiger partial charge in [-0.05, 0) is 29.8 Å². The second-order valence-corrected chi connectivity index (χ2v) is 5.72. The monoisotopic (exact) mass is 340 g/mol. The number of nitrogens with zero attached hydrogens (tertiary/aromatic N) is 1. The number of nitrogens with one attached hydrogen (secondary N) is 1. The van der Waals surface area contributed by atoms with E-state index >= 15 is 0 Å². The fraction of sp³-hybridized carbons (Fsp3) is 0.263. The summed E-state index contributed by atoms with van der Waals surface area (Å²) in [6.07, 6.45) is -0.488. The first-order chi connectivity index (χ1) is 12.1. The summed E-state index contributed by atoms with van der Waals surface area (Å²) in [4.78, 5) is 26.4. The summed E-state index contributed by atoms with van der Waals surface area (Å²) in [6.45, 7) is 0.186. The Bertz CT molecular complexity index is 773. The molecule has 0 unspecified atom stereocenters. The molecule has 2 amide bonds. The van der Waals surface area contributed by atoms with Crippen LogP contribution in [0.2, 0.25) is 0 Å². The number of benzene rings is 2. The smallest absolute Gasteiger partial charge is 0.262 e. The van der Waals surface area contributed by atoms with Gasteiger partial charge in [-0.2, -0.15) is 0 Å². The summed E-state index contributed by atoms with van der Waals surface area (Å²) in [7, 11) is 3.15. The molecule has 25 heavy (non-hydrogen) atoms. The van der Waals surface area contributed by atoms with E-state index in [0.717, 1.165) is 11.3 Å². The third-order valence-corrected chi connectivity index (χ3v) is 4.13. The molecule has 3 rings (SSSR count). The highest BCUT2D eigenvalue weighted by Gasteiger charge is 2.33. The average molecular weight is 340 g/mol. The van der Waals surface area contributed by atoms with Crippen molar-refractivity contribution >= 4 is 17.5 Å². The zero-order chi connectivity index (χ0) is 17.8. The fourth-order valence-electron chi connectivity index (χ4n) is 2.78. The number of methoxy groups -OCH3 is 1. The molecule has 0 radical (unpaired) electrons. The number of carbonyl (C=O) groups excluding carboxylic acids is 2. The van der Waals surface area contributed by atoms with Crippen LogP contribution in [-0.2, 0) is 16.0 Å². The highest BCUT2D eigenvalue weighted by Crippen LogP contribution is 2.33. The predicted octanol–water partition coefficient (Wildman–Crippen LogP) is 1.78. The number of hydrogen-bond donors (Lipinski definition) is 1. The summed E-state index contributed by atoms with van der Waals surface area (Å²) < 4.78 is 10.9. The zero-order valence-electron chi connectivity index (χ0n) is 14.2. The van der Waals surface area contributed by atoms with Crippen LogP contribution in [0.4, 0.5) is 5.69 Å². The second kappa shape index (κ2) is 7.25. The molecule has 0 saturated heterocycles. The van der Waals surface area contributed by atoms with Crippen LogP contribution < -0.4 is 19.7 Å². The molecule has 0 aromatic heterocycles. The molecule has 0 aliphatic carbocycles. The van der Waals surface area contributed by atoms with Gasteiger partial charge < -0.3 is 19.7 Å². The van der Waals surface area contributed by atoms with Gasteiger partial charge in [0.1, 0.15) is 11.5 Å². The van der Waals surface area contributed by atoms with Crippen LogP contribution in [0, 0.1) is 0 Å². The van der Waals surface area contributed by atoms with E-state index in [1.807, 2.05) is 42.5 Å². The Balaban J connectivity index is 1.83. The van der Waals surface area contributed by atoms with E-state index in [1.165, 1.54) is 0 Å². The SMILES string of the molecule is CNC(=O)[C@H]1CN(C(=O)Cc2ccc(OC)cc2)c2ccccc2O1. The molecule has 6 heteroatoms. The standard InChI is InChI=1S/C19H20N2O4/c1-20-19(23)17-12-21(15-5-3-4-6-16(15)25-17)18(22)11-13-7-9-14(24-2)10-8-13/h3-10,17H,11-12H2,1-2H3,(H,20,23)/t17-/m1/s1. The van der Waals surface area contributed by atoms with E-state index in [0.29, 0.717) is 11.4 Å². The first kappa shape index (κ1) is 16.8. The number of hydrogen-bond acceptors (Lipinski definition) is 4. The molecule has 1 aliphatic heterocycles. The van der Waals surface area contributed by atoms with E-state index in [9.17, 15) is 9.59 Å². The molecule has 0 bridgehead atoms. The number of rotatable bonds is 4. The second-order valence-electron chi connectivity index (χ2n) is 5.72. The zero-order valence-corrected chi connectivity index (χ0v) is 14.2. The topological polar surface area (TPSA) is 67.9 Å². The molecule has 1 aliphatic rings. The van der Waals surface area contributed by atoms with Crippen LogP contribution in [0.15, 0.2) is 48.5 Å². The first-order valence-corrected chi connectivity index (χ1v) is 8.03. The fourth-order valence-corrected chi connectivity index (χ4v) is 2.78. The van der Waals surface area contributed by atoms with Gasteiger partial charge in [0, 0.05) is 7.05 Å². The quantitative estimate of drug-likeness (QED) is 0.921. The molecular formula is C19H20N2O4. The third-order valence-electron chi connectivity index (χ3n) is 4.13. The van der Waals surface area contributed by atoms with E-state index in [2.05, 4.69) is 5.32 Å². The van der Waals surface area contributed by atoms with Crippen LogP contribution in [-0.4, -0.2) is 38.6 Å². The van der Waals surface area contributed by atoms with Gasteiger partial charge in [0.05, 0.1) is 25.8 Å². The lowest BCUT2D eigenvalue weighted by Gasteiger charge is -2.34. The maximum absolute atomic E-state index is 12.8. The normalized spacial score (nSPS) is 15.8. The molecule has 6 nitrogen and oxygen atoms in total. The summed E-state index contributed by atoms with van der Waals surface area (Å²) in [6, 6.07) is 14.6. The first-order valence-electron chi connectivity index (χ1n) is 8.03. The van der Waals surface area contributed by atoms with Gasteiger partial charge >= 0.3 is 0 Å². The molecule has 130 valence electrons. The van der Waals surface area contributed by atoms with Gasteiger partial charge in [-0.15, -0.1) is 0 Å². The van der Waals surface area contributed by atoms with Crippen molar-refractivity contribution in [3.05, 3.63) is 54.1 Å². The molecule has 0 saturated carbocycles. The van der Waals surface area contributed by atoms with Crippen molar-refractivity contribution < 1.29 is 19.1 Å². The van der Waals surface area contributed by atoms with Gasteiger partial charge in [-0.3, -0.25) is 9.59 Å². The Kier molecular flexibility index (Phi) is 4.88. The number of carbonyl (C=O) groups is 2. The molecule has 1 heterocycles. The predicted molar refractivity (Wildman–Crippen MR) is 94.0 cm³/mol. The van der Waals surface area contributed by atoms with Gasteiger partial charge in [0.15, 0.2) is 6.10 Å². The van der Waals surface area contributed by atoms with Crippen LogP contribution in [0.5, 0.6) is 11.5 Å². The number of likely N-dealkylation sites (N-methyl/N-ethyl adjacent to an activating group) is 1. The number of amides is 2. The molecule has 0 fully saturated rings. The average Bonchev–Trinajstić information content (AvgIpc) is 2.67. The van der Waals surface area contributed by atoms with Crippen molar-refractivity contribution in [2.75, 3.05) is 25.6 Å². The lowest BCUT2D eigenvalue weighted by atomic mass is 10.1. The summed E-state index contributed by atoms with van der Waals surface area (Å²) >= 11 is 0. The maximum Gasteiger partial charge on any atom is 0.262 e. The van der Waals surface area contributed by atoms with Crippen molar-refractivity contribution in [2.45, 2.75) is 12.5 Å². The largest absolute Gasteiger partial charge is 0.497 e. The van der Waals surface area contributed by atoms with Gasteiger partial charge in [-0.25, -0.2) is 0 Å². The number of anilines is 1. The highest BCUT2D eigenvalue weighted by atomic mass is 16.5. The van der Waals surface area contributed by atoms with Crippen LogP contribution in [0.3, 0.4) is 0 Å². The summed E-state index contributed by atoms with van der Waals surface area (Å²) in [5.74, 6) is 0.935. The molecule has 1 atom stereocenters. The highest BCUT2D eigenvalue weighted by molar-refractivity contribution is 5.98. The Morgan fingerprint density at radius 3 is 2.60 bits per heavy atom. The van der Waals surface area contributed by atoms with E-state index in [-0.39, 0.29) is 24.8 Å². The Morgan fingerprint density at radius 2 is 1.92 bits per heavy atom. The van der Waals surface area contributed by atoms with Crippen molar-refractivity contribution in [3.63, 3.8) is 0 Å². The maximum atomic E-state index is 12.8. The Morgan fingerprint density at radius 1 is 1.20 bits per heavy atom. The lowest BCUT2D eigenvalue weighted by molar-refractivity contribution is -0.127. The van der Waals surface area contributed by atoms with Gasteiger partial charge in [0.2, 0.25) is 5.91 Å². The minimum absolute atomic E-state index is 0.0881. The number of para-hydroxylation sites is 2. The van der Waals surface area contributed by atoms with Crippen LogP contribution in [0.1, 0.15) is 5.56 Å². The summed E-state index contributed by atoms with van der Waals surface area (Å²) in [5, 5.41) is 2.57. The van der Waals surface area contributed by atoms with Crippen LogP contribution >= 0.6 is 0 Å². The molecule has 0 spiro atoms. The van der Waals surface area contributed by atoms with Gasteiger partial charge in [0.25, 0.3) is 5.91 Å². The summed E-state index contributed by atoms with van der Waals surface area (Å²) in [5.41, 5.74) is 1.56. The van der Waals surface area contributed by atoms with Crippen molar-refractivity contribution in [1.29, 1.82) is 0 Å². The number of fused-ring (bicyclic) bond motifs is 1. The molecule has 2 aromatic carbocycles. The minimum atomic E-state index is -0.722.